The van der Waals surface area contributed by atoms with E-state index in [9.17, 15) is 4.79 Å². The predicted molar refractivity (Wildman–Crippen MR) is 86.2 cm³/mol. The molecule has 1 N–H and O–H groups in total. The third-order valence-corrected chi connectivity index (χ3v) is 3.96. The topological polar surface area (TPSA) is 41.5 Å². The molecule has 100 valence electrons. The van der Waals surface area contributed by atoms with Gasteiger partial charge in [0.25, 0.3) is 5.91 Å². The van der Waals surface area contributed by atoms with Crippen molar-refractivity contribution in [3.8, 4) is 0 Å². The van der Waals surface area contributed by atoms with Crippen molar-refractivity contribution in [1.29, 1.82) is 0 Å². The Bertz CT molecular complexity index is 505. The van der Waals surface area contributed by atoms with E-state index in [-0.39, 0.29) is 5.91 Å². The molecule has 1 aliphatic carbocycles. The Hall–Kier alpha value is -1.17. The minimum atomic E-state index is -0.157. The predicted octanol–water partition coefficient (Wildman–Crippen LogP) is 3.75. The summed E-state index contributed by atoms with van der Waals surface area (Å²) in [5.74, 6) is 0.288. The monoisotopic (exact) mass is 368 g/mol. The molecule has 0 saturated carbocycles. The van der Waals surface area contributed by atoms with Crippen LogP contribution in [0.15, 0.2) is 41.0 Å². The highest BCUT2D eigenvalue weighted by Crippen LogP contribution is 2.21. The molecule has 0 radical (unpaired) electrons. The molecular weight excluding hydrogens is 351 g/mol. The summed E-state index contributed by atoms with van der Waals surface area (Å²) < 4.78 is 1.11. The SMILES string of the molecule is CC1=CCC(C=NNC(=O)c2ccc(I)cc2)CC1. The molecule has 4 heteroatoms. The molecule has 1 unspecified atom stereocenters. The van der Waals surface area contributed by atoms with Crippen LogP contribution in [0.2, 0.25) is 0 Å². The van der Waals surface area contributed by atoms with E-state index in [2.05, 4.69) is 46.1 Å². The molecule has 3 nitrogen and oxygen atoms in total. The fourth-order valence-corrected chi connectivity index (χ4v) is 2.35. The Morgan fingerprint density at radius 2 is 2.16 bits per heavy atom. The molecule has 1 aromatic carbocycles. The number of hydrogen-bond donors (Lipinski definition) is 1. The molecule has 1 aliphatic rings. The number of carbonyl (C=O) groups is 1. The summed E-state index contributed by atoms with van der Waals surface area (Å²) in [6, 6.07) is 7.43. The molecule has 19 heavy (non-hydrogen) atoms. The maximum atomic E-state index is 11.8. The molecule has 2 rings (SSSR count). The Labute approximate surface area is 127 Å². The van der Waals surface area contributed by atoms with Crippen molar-refractivity contribution in [1.82, 2.24) is 5.43 Å². The van der Waals surface area contributed by atoms with Crippen molar-refractivity contribution in [2.45, 2.75) is 26.2 Å². The lowest BCUT2D eigenvalue weighted by Crippen LogP contribution is -2.19. The third-order valence-electron chi connectivity index (χ3n) is 3.24. The first kappa shape index (κ1) is 14.2. The normalized spacial score (nSPS) is 19.3. The summed E-state index contributed by atoms with van der Waals surface area (Å²) in [7, 11) is 0. The number of nitrogens with one attached hydrogen (secondary N) is 1. The zero-order valence-corrected chi connectivity index (χ0v) is 13.1. The van der Waals surface area contributed by atoms with Crippen LogP contribution in [0, 0.1) is 9.49 Å². The van der Waals surface area contributed by atoms with Crippen LogP contribution in [0.3, 0.4) is 0 Å². The highest BCUT2D eigenvalue weighted by Gasteiger charge is 2.10. The van der Waals surface area contributed by atoms with E-state index in [1.807, 2.05) is 18.3 Å². The van der Waals surface area contributed by atoms with Gasteiger partial charge in [-0.25, -0.2) is 5.43 Å². The van der Waals surface area contributed by atoms with Crippen molar-refractivity contribution in [2.75, 3.05) is 0 Å². The summed E-state index contributed by atoms with van der Waals surface area (Å²) in [4.78, 5) is 11.8. The first-order valence-electron chi connectivity index (χ1n) is 6.40. The minimum Gasteiger partial charge on any atom is -0.267 e. The summed E-state index contributed by atoms with van der Waals surface area (Å²) in [6.45, 7) is 2.16. The van der Waals surface area contributed by atoms with Gasteiger partial charge in [0.2, 0.25) is 0 Å². The number of carbonyl (C=O) groups excluding carboxylic acids is 1. The van der Waals surface area contributed by atoms with E-state index < -0.39 is 0 Å². The number of rotatable bonds is 3. The number of hydrogen-bond acceptors (Lipinski definition) is 2. The molecular formula is C15H17IN2O. The van der Waals surface area contributed by atoms with Crippen molar-refractivity contribution in [3.63, 3.8) is 0 Å². The summed E-state index contributed by atoms with van der Waals surface area (Å²) in [5.41, 5.74) is 4.67. The van der Waals surface area contributed by atoms with Crippen molar-refractivity contribution in [2.24, 2.45) is 11.0 Å². The first-order valence-corrected chi connectivity index (χ1v) is 7.48. The number of hydrazone groups is 1. The fourth-order valence-electron chi connectivity index (χ4n) is 1.99. The molecule has 0 aliphatic heterocycles. The molecule has 1 aromatic rings. The molecule has 0 saturated heterocycles. The third kappa shape index (κ3) is 4.45. The van der Waals surface area contributed by atoms with Gasteiger partial charge < -0.3 is 0 Å². The van der Waals surface area contributed by atoms with Gasteiger partial charge in [-0.3, -0.25) is 4.79 Å². The molecule has 0 heterocycles. The molecule has 0 fully saturated rings. The van der Waals surface area contributed by atoms with Gasteiger partial charge in [-0.05, 0) is 79.0 Å². The van der Waals surface area contributed by atoms with Crippen LogP contribution in [-0.4, -0.2) is 12.1 Å². The number of allylic oxidation sites excluding steroid dienone is 2. The Morgan fingerprint density at radius 3 is 2.79 bits per heavy atom. The Morgan fingerprint density at radius 1 is 1.42 bits per heavy atom. The van der Waals surface area contributed by atoms with E-state index in [4.69, 9.17) is 0 Å². The van der Waals surface area contributed by atoms with E-state index in [0.717, 1.165) is 22.8 Å². The van der Waals surface area contributed by atoms with Gasteiger partial charge >= 0.3 is 0 Å². The average Bonchev–Trinajstić information content (AvgIpc) is 2.41. The molecule has 0 bridgehead atoms. The van der Waals surface area contributed by atoms with Crippen LogP contribution in [0.1, 0.15) is 36.5 Å². The van der Waals surface area contributed by atoms with Gasteiger partial charge in [-0.15, -0.1) is 0 Å². The van der Waals surface area contributed by atoms with E-state index in [1.54, 1.807) is 12.1 Å². The largest absolute Gasteiger partial charge is 0.271 e. The standard InChI is InChI=1S/C15H17IN2O/c1-11-2-4-12(5-3-11)10-17-18-15(19)13-6-8-14(16)9-7-13/h2,6-10,12H,3-5H2,1H3,(H,18,19). The van der Waals surface area contributed by atoms with E-state index in [0.29, 0.717) is 11.5 Å². The van der Waals surface area contributed by atoms with Crippen molar-refractivity contribution in [3.05, 3.63) is 45.0 Å². The quantitative estimate of drug-likeness (QED) is 0.375. The van der Waals surface area contributed by atoms with Crippen LogP contribution in [0.4, 0.5) is 0 Å². The molecule has 0 spiro atoms. The van der Waals surface area contributed by atoms with Gasteiger partial charge in [0.05, 0.1) is 0 Å². The Kier molecular flexibility index (Phi) is 5.13. The average molecular weight is 368 g/mol. The maximum absolute atomic E-state index is 11.8. The molecule has 0 aromatic heterocycles. The van der Waals surface area contributed by atoms with Crippen LogP contribution in [0.5, 0.6) is 0 Å². The minimum absolute atomic E-state index is 0.157. The van der Waals surface area contributed by atoms with Crippen molar-refractivity contribution >= 4 is 34.7 Å². The number of benzene rings is 1. The van der Waals surface area contributed by atoms with Crippen LogP contribution in [-0.2, 0) is 0 Å². The lowest BCUT2D eigenvalue weighted by molar-refractivity contribution is 0.0955. The fraction of sp³-hybridized carbons (Fsp3) is 0.333. The van der Waals surface area contributed by atoms with Crippen LogP contribution < -0.4 is 5.43 Å². The highest BCUT2D eigenvalue weighted by atomic mass is 127. The zero-order valence-electron chi connectivity index (χ0n) is 10.9. The maximum Gasteiger partial charge on any atom is 0.271 e. The van der Waals surface area contributed by atoms with Gasteiger partial charge in [-0.1, -0.05) is 11.6 Å². The van der Waals surface area contributed by atoms with Gasteiger partial charge in [0, 0.05) is 15.3 Å². The second kappa shape index (κ2) is 6.84. The van der Waals surface area contributed by atoms with Gasteiger partial charge in [-0.2, -0.15) is 5.10 Å². The van der Waals surface area contributed by atoms with Gasteiger partial charge in [0.15, 0.2) is 0 Å². The summed E-state index contributed by atoms with van der Waals surface area (Å²) >= 11 is 2.21. The van der Waals surface area contributed by atoms with Crippen LogP contribution in [0.25, 0.3) is 0 Å². The summed E-state index contributed by atoms with van der Waals surface area (Å²) in [5, 5.41) is 4.06. The molecule has 1 atom stereocenters. The smallest absolute Gasteiger partial charge is 0.267 e. The van der Waals surface area contributed by atoms with Crippen molar-refractivity contribution < 1.29 is 4.79 Å². The Balaban J connectivity index is 1.85. The summed E-state index contributed by atoms with van der Waals surface area (Å²) in [6.07, 6.45) is 7.37. The number of nitrogens with zero attached hydrogens (tertiary/aromatic N) is 1. The first-order chi connectivity index (χ1) is 9.15. The lowest BCUT2D eigenvalue weighted by atomic mass is 9.91. The zero-order chi connectivity index (χ0) is 13.7. The van der Waals surface area contributed by atoms with E-state index in [1.165, 1.54) is 5.57 Å². The number of amides is 1. The van der Waals surface area contributed by atoms with E-state index >= 15 is 0 Å². The second-order valence-corrected chi connectivity index (χ2v) is 6.06. The lowest BCUT2D eigenvalue weighted by Gasteiger charge is -2.15. The molecule has 1 amide bonds. The van der Waals surface area contributed by atoms with Crippen LogP contribution >= 0.6 is 22.6 Å². The number of halogens is 1. The highest BCUT2D eigenvalue weighted by molar-refractivity contribution is 14.1. The second-order valence-electron chi connectivity index (χ2n) is 4.81. The van der Waals surface area contributed by atoms with Gasteiger partial charge in [0.1, 0.15) is 0 Å².